The average Bonchev–Trinajstić information content (AvgIpc) is 3.23. The van der Waals surface area contributed by atoms with E-state index in [0.717, 1.165) is 22.2 Å². The van der Waals surface area contributed by atoms with Crippen molar-refractivity contribution in [3.05, 3.63) is 94.9 Å². The Kier molecular flexibility index (Phi) is 4.81. The first-order valence-corrected chi connectivity index (χ1v) is 9.06. The van der Waals surface area contributed by atoms with Gasteiger partial charge in [-0.3, -0.25) is 4.79 Å². The average molecular weight is 372 g/mol. The van der Waals surface area contributed by atoms with Crippen molar-refractivity contribution in [3.63, 3.8) is 0 Å². The molecule has 4 aromatic rings. The first-order valence-electron chi connectivity index (χ1n) is 9.06. The van der Waals surface area contributed by atoms with Crippen LogP contribution in [0.4, 0.5) is 5.69 Å². The van der Waals surface area contributed by atoms with Gasteiger partial charge in [-0.2, -0.15) is 0 Å². The maximum atomic E-state index is 12.9. The maximum absolute atomic E-state index is 12.9. The molecule has 2 heterocycles. The summed E-state index contributed by atoms with van der Waals surface area (Å²) in [6, 6.07) is 18.9. The Hall–Kier alpha value is -3.60. The second-order valence-corrected chi connectivity index (χ2v) is 6.60. The number of para-hydroxylation sites is 1. The monoisotopic (exact) mass is 372 g/mol. The van der Waals surface area contributed by atoms with Crippen LogP contribution in [0.15, 0.2) is 80.8 Å². The van der Waals surface area contributed by atoms with Gasteiger partial charge in [0.25, 0.3) is 5.91 Å². The van der Waals surface area contributed by atoms with Gasteiger partial charge < -0.3 is 14.2 Å². The van der Waals surface area contributed by atoms with Gasteiger partial charge >= 0.3 is 0 Å². The normalized spacial score (nSPS) is 11.7. The Labute approximate surface area is 162 Å². The van der Waals surface area contributed by atoms with Crippen molar-refractivity contribution in [2.24, 2.45) is 4.99 Å². The standard InChI is InChI=1S/C23H20N2O3/c1-15-7-5-10-20(16(15)2)25-23-19(13-17-8-3-4-11-21(17)28-23)22(26)24-14-18-9-6-12-27-18/h3-13H,14H2,1-2H3,(H,24,26). The van der Waals surface area contributed by atoms with Gasteiger partial charge in [-0.05, 0) is 55.3 Å². The van der Waals surface area contributed by atoms with Crippen LogP contribution >= 0.6 is 0 Å². The van der Waals surface area contributed by atoms with E-state index in [-0.39, 0.29) is 11.5 Å². The fraction of sp³-hybridized carbons (Fsp3) is 0.130. The van der Waals surface area contributed by atoms with Gasteiger partial charge in [-0.25, -0.2) is 4.99 Å². The van der Waals surface area contributed by atoms with Gasteiger partial charge in [0.15, 0.2) is 0 Å². The molecule has 0 saturated carbocycles. The molecular formula is C23H20N2O3. The molecule has 28 heavy (non-hydrogen) atoms. The lowest BCUT2D eigenvalue weighted by molar-refractivity contribution is 0.0944. The van der Waals surface area contributed by atoms with Crippen molar-refractivity contribution in [2.75, 3.05) is 0 Å². The van der Waals surface area contributed by atoms with Gasteiger partial charge in [0, 0.05) is 5.39 Å². The molecule has 2 aromatic heterocycles. The molecule has 140 valence electrons. The van der Waals surface area contributed by atoms with Crippen LogP contribution in [0.25, 0.3) is 11.0 Å². The minimum atomic E-state index is -0.269. The smallest absolute Gasteiger partial charge is 0.257 e. The summed E-state index contributed by atoms with van der Waals surface area (Å²) in [5.74, 6) is 0.411. The van der Waals surface area contributed by atoms with E-state index in [4.69, 9.17) is 8.83 Å². The molecule has 0 bridgehead atoms. The summed E-state index contributed by atoms with van der Waals surface area (Å²) in [5.41, 5.74) is 4.29. The summed E-state index contributed by atoms with van der Waals surface area (Å²) < 4.78 is 11.3. The molecule has 0 unspecified atom stereocenters. The van der Waals surface area contributed by atoms with Gasteiger partial charge in [0.2, 0.25) is 5.55 Å². The van der Waals surface area contributed by atoms with E-state index < -0.39 is 0 Å². The van der Waals surface area contributed by atoms with Crippen LogP contribution in [0, 0.1) is 13.8 Å². The third-order valence-corrected chi connectivity index (χ3v) is 4.70. The third-order valence-electron chi connectivity index (χ3n) is 4.70. The zero-order valence-corrected chi connectivity index (χ0v) is 15.7. The van der Waals surface area contributed by atoms with Crippen LogP contribution in [-0.4, -0.2) is 5.91 Å². The second-order valence-electron chi connectivity index (χ2n) is 6.60. The van der Waals surface area contributed by atoms with Crippen LogP contribution in [0.3, 0.4) is 0 Å². The summed E-state index contributed by atoms with van der Waals surface area (Å²) in [5, 5.41) is 3.70. The van der Waals surface area contributed by atoms with Gasteiger partial charge in [0.1, 0.15) is 16.9 Å². The Bertz CT molecular complexity index is 1200. The lowest BCUT2D eigenvalue weighted by atomic mass is 10.1. The SMILES string of the molecule is Cc1cccc(N=c2oc3ccccc3cc2C(=O)NCc2ccco2)c1C. The highest BCUT2D eigenvalue weighted by molar-refractivity contribution is 5.96. The molecule has 1 N–H and O–H groups in total. The van der Waals surface area contributed by atoms with E-state index >= 15 is 0 Å². The van der Waals surface area contributed by atoms with Crippen LogP contribution in [0.1, 0.15) is 27.2 Å². The van der Waals surface area contributed by atoms with Crippen molar-refractivity contribution < 1.29 is 13.6 Å². The number of carbonyl (C=O) groups excluding carboxylic acids is 1. The minimum Gasteiger partial charge on any atom is -0.467 e. The Morgan fingerprint density at radius 3 is 2.71 bits per heavy atom. The predicted octanol–water partition coefficient (Wildman–Crippen LogP) is 4.81. The molecule has 0 aliphatic heterocycles. The number of fused-ring (bicyclic) bond motifs is 1. The largest absolute Gasteiger partial charge is 0.467 e. The molecule has 0 spiro atoms. The lowest BCUT2D eigenvalue weighted by Gasteiger charge is -2.07. The highest BCUT2D eigenvalue weighted by Crippen LogP contribution is 2.21. The van der Waals surface area contributed by atoms with E-state index in [1.54, 1.807) is 18.4 Å². The number of furan rings is 1. The van der Waals surface area contributed by atoms with Crippen molar-refractivity contribution in [2.45, 2.75) is 20.4 Å². The number of nitrogens with zero attached hydrogens (tertiary/aromatic N) is 1. The van der Waals surface area contributed by atoms with Gasteiger partial charge in [-0.15, -0.1) is 0 Å². The lowest BCUT2D eigenvalue weighted by Crippen LogP contribution is -2.28. The number of rotatable bonds is 4. The van der Waals surface area contributed by atoms with Crippen LogP contribution in [0.2, 0.25) is 0 Å². The Balaban J connectivity index is 1.81. The van der Waals surface area contributed by atoms with Crippen molar-refractivity contribution in [3.8, 4) is 0 Å². The zero-order chi connectivity index (χ0) is 19.5. The molecule has 5 heteroatoms. The summed E-state index contributed by atoms with van der Waals surface area (Å²) in [7, 11) is 0. The summed E-state index contributed by atoms with van der Waals surface area (Å²) >= 11 is 0. The summed E-state index contributed by atoms with van der Waals surface area (Å²) in [4.78, 5) is 17.5. The minimum absolute atomic E-state index is 0.269. The molecule has 2 aromatic carbocycles. The number of benzene rings is 2. The quantitative estimate of drug-likeness (QED) is 0.559. The topological polar surface area (TPSA) is 67.7 Å². The van der Waals surface area contributed by atoms with Crippen molar-refractivity contribution in [1.82, 2.24) is 5.32 Å². The van der Waals surface area contributed by atoms with E-state index in [0.29, 0.717) is 23.5 Å². The fourth-order valence-corrected chi connectivity index (χ4v) is 2.96. The number of hydrogen-bond acceptors (Lipinski definition) is 4. The van der Waals surface area contributed by atoms with Crippen LogP contribution in [-0.2, 0) is 6.54 Å². The Morgan fingerprint density at radius 2 is 1.89 bits per heavy atom. The molecule has 0 fully saturated rings. The van der Waals surface area contributed by atoms with Crippen LogP contribution < -0.4 is 10.9 Å². The molecule has 0 aliphatic rings. The number of amides is 1. The van der Waals surface area contributed by atoms with Gasteiger partial charge in [-0.1, -0.05) is 30.3 Å². The molecule has 0 saturated heterocycles. The fourth-order valence-electron chi connectivity index (χ4n) is 2.96. The summed E-state index contributed by atoms with van der Waals surface area (Å²) in [6.07, 6.45) is 1.58. The number of nitrogens with one attached hydrogen (secondary N) is 1. The van der Waals surface area contributed by atoms with Crippen molar-refractivity contribution in [1.29, 1.82) is 0 Å². The van der Waals surface area contributed by atoms with E-state index in [2.05, 4.69) is 10.3 Å². The second kappa shape index (κ2) is 7.56. The van der Waals surface area contributed by atoms with Gasteiger partial charge in [0.05, 0.1) is 18.5 Å². The van der Waals surface area contributed by atoms with E-state index in [1.165, 1.54) is 0 Å². The number of carbonyl (C=O) groups is 1. The van der Waals surface area contributed by atoms with E-state index in [9.17, 15) is 4.79 Å². The molecule has 0 radical (unpaired) electrons. The zero-order valence-electron chi connectivity index (χ0n) is 15.7. The Morgan fingerprint density at radius 1 is 1.04 bits per heavy atom. The number of aryl methyl sites for hydroxylation is 1. The highest BCUT2D eigenvalue weighted by Gasteiger charge is 2.13. The predicted molar refractivity (Wildman–Crippen MR) is 107 cm³/mol. The first kappa shape index (κ1) is 17.8. The molecule has 4 rings (SSSR count). The molecular weight excluding hydrogens is 352 g/mol. The highest BCUT2D eigenvalue weighted by atomic mass is 16.3. The molecule has 0 aliphatic carbocycles. The van der Waals surface area contributed by atoms with Crippen LogP contribution in [0.5, 0.6) is 0 Å². The summed E-state index contributed by atoms with van der Waals surface area (Å²) in [6.45, 7) is 4.33. The number of hydrogen-bond donors (Lipinski definition) is 1. The third kappa shape index (κ3) is 3.60. The first-order chi connectivity index (χ1) is 13.6. The van der Waals surface area contributed by atoms with Crippen molar-refractivity contribution >= 4 is 22.6 Å². The molecule has 0 atom stereocenters. The molecule has 1 amide bonds. The maximum Gasteiger partial charge on any atom is 0.257 e. The van der Waals surface area contributed by atoms with E-state index in [1.807, 2.05) is 62.4 Å². The molecule has 5 nitrogen and oxygen atoms in total.